The maximum Gasteiger partial charge on any atom is 0.254 e. The molecule has 0 unspecified atom stereocenters. The monoisotopic (exact) mass is 429 g/mol. The second-order valence-electron chi connectivity index (χ2n) is 7.39. The number of nitrogens with zero attached hydrogens (tertiary/aromatic N) is 2. The highest BCUT2D eigenvalue weighted by Gasteiger charge is 2.29. The van der Waals surface area contributed by atoms with Crippen LogP contribution in [0.5, 0.6) is 0 Å². The van der Waals surface area contributed by atoms with E-state index in [-0.39, 0.29) is 37.2 Å². The van der Waals surface area contributed by atoms with Crippen LogP contribution in [0.25, 0.3) is 0 Å². The Balaban J connectivity index is 1.51. The maximum absolute atomic E-state index is 12.7. The van der Waals surface area contributed by atoms with E-state index in [1.165, 1.54) is 4.31 Å². The van der Waals surface area contributed by atoms with Crippen LogP contribution >= 0.6 is 0 Å². The van der Waals surface area contributed by atoms with Gasteiger partial charge >= 0.3 is 0 Å². The SMILES string of the molecule is Cc1ccccc1C(=O)NCCS(=O)(=O)N1CCN(C(=O)c2ccccc2C)CC1. The summed E-state index contributed by atoms with van der Waals surface area (Å²) in [7, 11) is -3.51. The molecule has 1 aliphatic rings. The van der Waals surface area contributed by atoms with Crippen molar-refractivity contribution in [2.24, 2.45) is 0 Å². The van der Waals surface area contributed by atoms with E-state index in [1.54, 1.807) is 23.1 Å². The van der Waals surface area contributed by atoms with Crippen LogP contribution in [-0.2, 0) is 10.0 Å². The van der Waals surface area contributed by atoms with Gasteiger partial charge in [-0.1, -0.05) is 36.4 Å². The van der Waals surface area contributed by atoms with Crippen LogP contribution in [0.2, 0.25) is 0 Å². The maximum atomic E-state index is 12.7. The summed E-state index contributed by atoms with van der Waals surface area (Å²) in [6.45, 7) is 4.97. The summed E-state index contributed by atoms with van der Waals surface area (Å²) < 4.78 is 26.7. The van der Waals surface area contributed by atoms with Gasteiger partial charge in [-0.2, -0.15) is 4.31 Å². The van der Waals surface area contributed by atoms with Crippen molar-refractivity contribution in [1.82, 2.24) is 14.5 Å². The number of amides is 2. The molecule has 0 spiro atoms. The van der Waals surface area contributed by atoms with Gasteiger partial charge in [-0.05, 0) is 37.1 Å². The lowest BCUT2D eigenvalue weighted by molar-refractivity contribution is 0.0696. The van der Waals surface area contributed by atoms with Gasteiger partial charge in [-0.3, -0.25) is 9.59 Å². The lowest BCUT2D eigenvalue weighted by atomic mass is 10.1. The molecule has 1 heterocycles. The third kappa shape index (κ3) is 5.06. The fraction of sp³-hybridized carbons (Fsp3) is 0.364. The molecule has 2 aromatic rings. The molecule has 0 radical (unpaired) electrons. The molecule has 0 saturated carbocycles. The van der Waals surface area contributed by atoms with E-state index in [4.69, 9.17) is 0 Å². The number of nitrogens with one attached hydrogen (secondary N) is 1. The van der Waals surface area contributed by atoms with Gasteiger partial charge in [-0.25, -0.2) is 8.42 Å². The highest BCUT2D eigenvalue weighted by molar-refractivity contribution is 7.89. The molecular weight excluding hydrogens is 402 g/mol. The van der Waals surface area contributed by atoms with Crippen molar-refractivity contribution in [3.05, 3.63) is 70.8 Å². The first-order chi connectivity index (χ1) is 14.3. The largest absolute Gasteiger partial charge is 0.351 e. The minimum absolute atomic E-state index is 0.0395. The number of rotatable bonds is 6. The Morgan fingerprint density at radius 3 is 1.97 bits per heavy atom. The molecule has 0 aromatic heterocycles. The number of carbonyl (C=O) groups is 2. The van der Waals surface area contributed by atoms with Crippen molar-refractivity contribution in [1.29, 1.82) is 0 Å². The average molecular weight is 430 g/mol. The van der Waals surface area contributed by atoms with Gasteiger partial charge in [0.15, 0.2) is 0 Å². The zero-order valence-corrected chi connectivity index (χ0v) is 18.1. The van der Waals surface area contributed by atoms with E-state index >= 15 is 0 Å². The first-order valence-corrected chi connectivity index (χ1v) is 11.6. The zero-order valence-electron chi connectivity index (χ0n) is 17.3. The molecule has 7 nitrogen and oxygen atoms in total. The summed E-state index contributed by atoms with van der Waals surface area (Å²) in [5.74, 6) is -0.524. The smallest absolute Gasteiger partial charge is 0.254 e. The fourth-order valence-corrected chi connectivity index (χ4v) is 4.84. The van der Waals surface area contributed by atoms with Gasteiger partial charge in [0, 0.05) is 43.9 Å². The van der Waals surface area contributed by atoms with Gasteiger partial charge in [-0.15, -0.1) is 0 Å². The van der Waals surface area contributed by atoms with Gasteiger partial charge in [0.05, 0.1) is 5.75 Å². The van der Waals surface area contributed by atoms with Crippen LogP contribution < -0.4 is 5.32 Å². The summed E-state index contributed by atoms with van der Waals surface area (Å²) in [4.78, 5) is 26.6. The second-order valence-corrected chi connectivity index (χ2v) is 9.48. The summed E-state index contributed by atoms with van der Waals surface area (Å²) in [5, 5.41) is 2.68. The number of benzene rings is 2. The standard InChI is InChI=1S/C22H27N3O4S/c1-17-7-3-5-9-19(17)21(26)23-11-16-30(28,29)25-14-12-24(13-15-25)22(27)20-10-6-4-8-18(20)2/h3-10H,11-16H2,1-2H3,(H,23,26). The van der Waals surface area contributed by atoms with Gasteiger partial charge in [0.2, 0.25) is 10.0 Å². The number of carbonyl (C=O) groups excluding carboxylic acids is 2. The first-order valence-electron chi connectivity index (χ1n) is 9.96. The molecule has 0 aliphatic carbocycles. The molecule has 1 fully saturated rings. The van der Waals surface area contributed by atoms with Crippen molar-refractivity contribution < 1.29 is 18.0 Å². The van der Waals surface area contributed by atoms with E-state index in [1.807, 2.05) is 44.2 Å². The summed E-state index contributed by atoms with van der Waals surface area (Å²) in [6.07, 6.45) is 0. The molecule has 30 heavy (non-hydrogen) atoms. The highest BCUT2D eigenvalue weighted by Crippen LogP contribution is 2.14. The Labute approximate surface area is 177 Å². The topological polar surface area (TPSA) is 86.8 Å². The van der Waals surface area contributed by atoms with Crippen LogP contribution in [-0.4, -0.2) is 67.9 Å². The molecule has 160 valence electrons. The zero-order chi connectivity index (χ0) is 21.7. The minimum atomic E-state index is -3.51. The molecule has 3 rings (SSSR count). The average Bonchev–Trinajstić information content (AvgIpc) is 2.74. The predicted octanol–water partition coefficient (Wildman–Crippen LogP) is 1.82. The van der Waals surface area contributed by atoms with Gasteiger partial charge < -0.3 is 10.2 Å². The molecule has 1 aliphatic heterocycles. The fourth-order valence-electron chi connectivity index (χ4n) is 3.50. The Morgan fingerprint density at radius 2 is 1.40 bits per heavy atom. The Bertz CT molecular complexity index is 1030. The highest BCUT2D eigenvalue weighted by atomic mass is 32.2. The summed E-state index contributed by atoms with van der Waals surface area (Å²) in [6, 6.07) is 14.6. The van der Waals surface area contributed by atoms with Gasteiger partial charge in [0.25, 0.3) is 11.8 Å². The Hall–Kier alpha value is -2.71. The number of sulfonamides is 1. The third-order valence-electron chi connectivity index (χ3n) is 5.33. The normalized spacial score (nSPS) is 15.1. The van der Waals surface area contributed by atoms with Gasteiger partial charge in [0.1, 0.15) is 0 Å². The predicted molar refractivity (Wildman–Crippen MR) is 116 cm³/mol. The van der Waals surface area contributed by atoms with E-state index < -0.39 is 10.0 Å². The van der Waals surface area contributed by atoms with Crippen molar-refractivity contribution in [3.63, 3.8) is 0 Å². The Morgan fingerprint density at radius 1 is 0.867 bits per heavy atom. The lowest BCUT2D eigenvalue weighted by Gasteiger charge is -2.34. The molecule has 8 heteroatoms. The van der Waals surface area contributed by atoms with E-state index in [9.17, 15) is 18.0 Å². The van der Waals surface area contributed by atoms with Crippen molar-refractivity contribution >= 4 is 21.8 Å². The molecule has 1 N–H and O–H groups in total. The molecule has 2 amide bonds. The lowest BCUT2D eigenvalue weighted by Crippen LogP contribution is -2.51. The third-order valence-corrected chi connectivity index (χ3v) is 7.20. The minimum Gasteiger partial charge on any atom is -0.351 e. The second kappa shape index (κ2) is 9.40. The Kier molecular flexibility index (Phi) is 6.89. The molecule has 0 bridgehead atoms. The molecule has 1 saturated heterocycles. The van der Waals surface area contributed by atoms with E-state index in [2.05, 4.69) is 5.32 Å². The van der Waals surface area contributed by atoms with Crippen LogP contribution in [0.3, 0.4) is 0 Å². The molecule has 0 atom stereocenters. The van der Waals surface area contributed by atoms with Crippen molar-refractivity contribution in [2.45, 2.75) is 13.8 Å². The first kappa shape index (κ1) is 22.0. The summed E-state index contributed by atoms with van der Waals surface area (Å²) in [5.41, 5.74) is 2.93. The summed E-state index contributed by atoms with van der Waals surface area (Å²) >= 11 is 0. The number of piperazine rings is 1. The number of aryl methyl sites for hydroxylation is 2. The molecular formula is C22H27N3O4S. The quantitative estimate of drug-likeness (QED) is 0.759. The number of hydrogen-bond acceptors (Lipinski definition) is 4. The van der Waals surface area contributed by atoms with Crippen LogP contribution in [0, 0.1) is 13.8 Å². The van der Waals surface area contributed by atoms with E-state index in [0.717, 1.165) is 11.1 Å². The van der Waals surface area contributed by atoms with Crippen LogP contribution in [0.1, 0.15) is 31.8 Å². The van der Waals surface area contributed by atoms with Crippen LogP contribution in [0.15, 0.2) is 48.5 Å². The van der Waals surface area contributed by atoms with Crippen LogP contribution in [0.4, 0.5) is 0 Å². The number of hydrogen-bond donors (Lipinski definition) is 1. The van der Waals surface area contributed by atoms with Crippen molar-refractivity contribution in [3.8, 4) is 0 Å². The van der Waals surface area contributed by atoms with E-state index in [0.29, 0.717) is 24.2 Å². The van der Waals surface area contributed by atoms with Crippen molar-refractivity contribution in [2.75, 3.05) is 38.5 Å². The molecule has 2 aromatic carbocycles.